The lowest BCUT2D eigenvalue weighted by Crippen LogP contribution is -2.42. The van der Waals surface area contributed by atoms with Crippen LogP contribution in [0.3, 0.4) is 0 Å². The second-order valence-corrected chi connectivity index (χ2v) is 8.81. The summed E-state index contributed by atoms with van der Waals surface area (Å²) >= 11 is 0. The van der Waals surface area contributed by atoms with Crippen LogP contribution in [0, 0.1) is 0 Å². The van der Waals surface area contributed by atoms with Crippen molar-refractivity contribution in [1.82, 2.24) is 35.3 Å². The summed E-state index contributed by atoms with van der Waals surface area (Å²) < 4.78 is 12.3. The number of anilines is 2. The fourth-order valence-electron chi connectivity index (χ4n) is 3.76. The Hall–Kier alpha value is -3.37. The molecule has 1 amide bonds. The average molecular weight is 428 g/mol. The van der Waals surface area contributed by atoms with Gasteiger partial charge >= 0.3 is 12.1 Å². The van der Waals surface area contributed by atoms with Gasteiger partial charge in [-0.05, 0) is 40.0 Å². The molecule has 0 aromatic carbocycles. The number of H-pyrrole nitrogens is 1. The van der Waals surface area contributed by atoms with Crippen molar-refractivity contribution in [3.63, 3.8) is 0 Å². The Morgan fingerprint density at radius 3 is 2.87 bits per heavy atom. The van der Waals surface area contributed by atoms with Crippen molar-refractivity contribution in [1.29, 1.82) is 0 Å². The van der Waals surface area contributed by atoms with Crippen LogP contribution in [0.15, 0.2) is 12.3 Å². The molecule has 3 aromatic heterocycles. The number of nitrogens with one attached hydrogen (secondary N) is 3. The number of carbonyl (C=O) groups excluding carboxylic acids is 1. The van der Waals surface area contributed by atoms with Gasteiger partial charge in [-0.2, -0.15) is 15.2 Å². The first-order valence-corrected chi connectivity index (χ1v) is 10.3. The highest BCUT2D eigenvalue weighted by Gasteiger charge is 2.30. The number of aromatic amines is 1. The predicted octanol–water partition coefficient (Wildman–Crippen LogP) is 3.00. The highest BCUT2D eigenvalue weighted by Crippen LogP contribution is 2.36. The van der Waals surface area contributed by atoms with Crippen molar-refractivity contribution in [2.45, 2.75) is 57.6 Å². The topological polar surface area (TPSA) is 132 Å². The van der Waals surface area contributed by atoms with Gasteiger partial charge in [0.2, 0.25) is 0 Å². The van der Waals surface area contributed by atoms with E-state index in [1.807, 2.05) is 33.9 Å². The van der Waals surface area contributed by atoms with Gasteiger partial charge < -0.3 is 20.1 Å². The van der Waals surface area contributed by atoms with Gasteiger partial charge in [0.25, 0.3) is 0 Å². The van der Waals surface area contributed by atoms with Crippen LogP contribution in [0.4, 0.5) is 16.4 Å². The van der Waals surface area contributed by atoms with Gasteiger partial charge in [-0.25, -0.2) is 14.5 Å². The predicted molar refractivity (Wildman–Crippen MR) is 114 cm³/mol. The molecule has 0 bridgehead atoms. The van der Waals surface area contributed by atoms with E-state index in [1.165, 1.54) is 7.11 Å². The maximum Gasteiger partial charge on any atom is 0.407 e. The molecule has 0 unspecified atom stereocenters. The summed E-state index contributed by atoms with van der Waals surface area (Å²) in [6.07, 6.45) is 3.72. The summed E-state index contributed by atoms with van der Waals surface area (Å²) in [5, 5.41) is 18.8. The maximum absolute atomic E-state index is 12.0. The normalized spacial score (nSPS) is 18.9. The molecule has 3 heterocycles. The van der Waals surface area contributed by atoms with E-state index in [0.717, 1.165) is 30.3 Å². The van der Waals surface area contributed by atoms with Crippen molar-refractivity contribution in [2.24, 2.45) is 7.05 Å². The van der Waals surface area contributed by atoms with E-state index < -0.39 is 0 Å². The van der Waals surface area contributed by atoms with E-state index in [1.54, 1.807) is 10.9 Å². The number of ether oxygens (including phenoxy) is 2. The molecule has 0 saturated heterocycles. The number of aromatic nitrogens is 6. The SMILES string of the molecule is COc1ncc2c(Nc3cc([C@@H]4CC[C@H](OC(=O)NC(C)(C)C)C4)[nH]n3)nn(C)c2n1. The number of methoxy groups -OCH3 is 1. The number of nitrogens with zero attached hydrogens (tertiary/aromatic N) is 5. The van der Waals surface area contributed by atoms with Crippen LogP contribution in [0.25, 0.3) is 11.0 Å². The van der Waals surface area contributed by atoms with Crippen LogP contribution in [0.5, 0.6) is 6.01 Å². The number of hydrogen-bond donors (Lipinski definition) is 3. The monoisotopic (exact) mass is 428 g/mol. The maximum atomic E-state index is 12.0. The smallest absolute Gasteiger partial charge is 0.407 e. The van der Waals surface area contributed by atoms with E-state index in [-0.39, 0.29) is 23.7 Å². The Bertz CT molecular complexity index is 1080. The minimum atomic E-state index is -0.369. The van der Waals surface area contributed by atoms with Gasteiger partial charge in [0.15, 0.2) is 17.3 Å². The molecule has 11 heteroatoms. The van der Waals surface area contributed by atoms with Crippen molar-refractivity contribution in [3.05, 3.63) is 18.0 Å². The molecule has 2 atom stereocenters. The lowest BCUT2D eigenvalue weighted by molar-refractivity contribution is 0.0937. The summed E-state index contributed by atoms with van der Waals surface area (Å²) in [6.45, 7) is 5.79. The molecule has 3 N–H and O–H groups in total. The molecule has 31 heavy (non-hydrogen) atoms. The highest BCUT2D eigenvalue weighted by molar-refractivity contribution is 5.88. The Morgan fingerprint density at radius 2 is 2.13 bits per heavy atom. The summed E-state index contributed by atoms with van der Waals surface area (Å²) in [5.74, 6) is 1.52. The van der Waals surface area contributed by atoms with Gasteiger partial charge in [-0.3, -0.25) is 5.10 Å². The quantitative estimate of drug-likeness (QED) is 0.565. The van der Waals surface area contributed by atoms with Gasteiger partial charge in [-0.15, -0.1) is 0 Å². The van der Waals surface area contributed by atoms with Crippen LogP contribution < -0.4 is 15.4 Å². The number of alkyl carbamates (subject to hydrolysis) is 1. The van der Waals surface area contributed by atoms with Crippen molar-refractivity contribution in [2.75, 3.05) is 12.4 Å². The summed E-state index contributed by atoms with van der Waals surface area (Å²) in [4.78, 5) is 20.5. The molecule has 0 spiro atoms. The fraction of sp³-hybridized carbons (Fsp3) is 0.550. The molecule has 0 aliphatic heterocycles. The summed E-state index contributed by atoms with van der Waals surface area (Å²) in [6, 6.07) is 2.26. The highest BCUT2D eigenvalue weighted by atomic mass is 16.6. The van der Waals surface area contributed by atoms with Crippen molar-refractivity contribution < 1.29 is 14.3 Å². The molecule has 11 nitrogen and oxygen atoms in total. The third-order valence-corrected chi connectivity index (χ3v) is 5.16. The molecule has 1 saturated carbocycles. The third kappa shape index (κ3) is 4.70. The molecule has 4 rings (SSSR count). The molecular formula is C20H28N8O3. The third-order valence-electron chi connectivity index (χ3n) is 5.16. The van der Waals surface area contributed by atoms with Gasteiger partial charge in [0.1, 0.15) is 6.10 Å². The Morgan fingerprint density at radius 1 is 1.32 bits per heavy atom. The van der Waals surface area contributed by atoms with Crippen LogP contribution in [-0.4, -0.2) is 54.8 Å². The van der Waals surface area contributed by atoms with Gasteiger partial charge in [0.05, 0.1) is 12.5 Å². The number of fused-ring (bicyclic) bond motifs is 1. The zero-order chi connectivity index (χ0) is 22.2. The molecule has 166 valence electrons. The van der Waals surface area contributed by atoms with E-state index >= 15 is 0 Å². The molecule has 1 aliphatic rings. The molecule has 1 aliphatic carbocycles. The summed E-state index contributed by atoms with van der Waals surface area (Å²) in [5.41, 5.74) is 1.35. The summed E-state index contributed by atoms with van der Waals surface area (Å²) in [7, 11) is 3.34. The standard InChI is InChI=1S/C20H28N8O3/c1-20(2,3)24-19(29)31-12-7-6-11(8-12)14-9-15(26-25-14)22-16-13-10-21-18(30-5)23-17(13)28(4)27-16/h9-12H,6-8H2,1-5H3,(H,24,29)(H2,22,25,26,27)/t11-,12+/m1/s1. The average Bonchev–Trinajstić information content (AvgIpc) is 3.40. The zero-order valence-electron chi connectivity index (χ0n) is 18.4. The minimum Gasteiger partial charge on any atom is -0.467 e. The number of rotatable bonds is 5. The first-order valence-electron chi connectivity index (χ1n) is 10.3. The Kier molecular flexibility index (Phi) is 5.42. The van der Waals surface area contributed by atoms with E-state index in [2.05, 4.69) is 35.9 Å². The number of carbonyl (C=O) groups is 1. The van der Waals surface area contributed by atoms with Gasteiger partial charge in [-0.1, -0.05) is 0 Å². The molecule has 3 aromatic rings. The Labute approximate surface area is 179 Å². The number of amides is 1. The lowest BCUT2D eigenvalue weighted by Gasteiger charge is -2.22. The number of hydrogen-bond acceptors (Lipinski definition) is 8. The van der Waals surface area contributed by atoms with Crippen LogP contribution >= 0.6 is 0 Å². The molecule has 1 fully saturated rings. The molecule has 0 radical (unpaired) electrons. The van der Waals surface area contributed by atoms with E-state index in [0.29, 0.717) is 23.3 Å². The van der Waals surface area contributed by atoms with Crippen LogP contribution in [-0.2, 0) is 11.8 Å². The van der Waals surface area contributed by atoms with E-state index in [9.17, 15) is 4.79 Å². The van der Waals surface area contributed by atoms with Crippen LogP contribution in [0.1, 0.15) is 51.6 Å². The largest absolute Gasteiger partial charge is 0.467 e. The van der Waals surface area contributed by atoms with Gasteiger partial charge in [0, 0.05) is 36.5 Å². The minimum absolute atomic E-state index is 0.0982. The lowest BCUT2D eigenvalue weighted by atomic mass is 10.0. The first kappa shape index (κ1) is 20.9. The zero-order valence-corrected chi connectivity index (χ0v) is 18.4. The van der Waals surface area contributed by atoms with Crippen molar-refractivity contribution in [3.8, 4) is 6.01 Å². The van der Waals surface area contributed by atoms with E-state index in [4.69, 9.17) is 9.47 Å². The second-order valence-electron chi connectivity index (χ2n) is 8.81. The van der Waals surface area contributed by atoms with Crippen LogP contribution in [0.2, 0.25) is 0 Å². The molecular weight excluding hydrogens is 400 g/mol. The number of aryl methyl sites for hydroxylation is 1. The second kappa shape index (κ2) is 8.05. The Balaban J connectivity index is 1.40. The van der Waals surface area contributed by atoms with Crippen molar-refractivity contribution >= 4 is 28.8 Å². The first-order chi connectivity index (χ1) is 14.7. The fourth-order valence-corrected chi connectivity index (χ4v) is 3.76.